The quantitative estimate of drug-likeness (QED) is 0.768. The minimum atomic E-state index is 0.0370. The zero-order valence-electron chi connectivity index (χ0n) is 14.7. The molecule has 0 radical (unpaired) electrons. The molecular weight excluding hydrogens is 352 g/mol. The highest BCUT2D eigenvalue weighted by molar-refractivity contribution is 7.99. The first-order chi connectivity index (χ1) is 12.7. The van der Waals surface area contributed by atoms with Crippen LogP contribution in [0.15, 0.2) is 41.4 Å². The first-order valence-corrected chi connectivity index (χ1v) is 9.45. The van der Waals surface area contributed by atoms with Gasteiger partial charge in [0, 0.05) is 54.7 Å². The van der Waals surface area contributed by atoms with Crippen LogP contribution >= 0.6 is 11.8 Å². The number of piperazine rings is 1. The number of rotatable bonds is 6. The molecule has 3 rings (SSSR count). The maximum atomic E-state index is 12.7. The second kappa shape index (κ2) is 8.86. The van der Waals surface area contributed by atoms with Gasteiger partial charge in [0.1, 0.15) is 0 Å². The molecule has 2 heterocycles. The molecule has 1 aliphatic heterocycles. The van der Waals surface area contributed by atoms with Crippen molar-refractivity contribution in [2.75, 3.05) is 50.5 Å². The fourth-order valence-electron chi connectivity index (χ4n) is 2.75. The predicted molar refractivity (Wildman–Crippen MR) is 101 cm³/mol. The van der Waals surface area contributed by atoms with Crippen molar-refractivity contribution < 1.29 is 14.6 Å². The Balaban J connectivity index is 1.57. The summed E-state index contributed by atoms with van der Waals surface area (Å²) < 4.78 is 5.14. The molecule has 0 aliphatic carbocycles. The lowest BCUT2D eigenvalue weighted by molar-refractivity contribution is 0.0746. The van der Waals surface area contributed by atoms with Gasteiger partial charge >= 0.3 is 0 Å². The average Bonchev–Trinajstić information content (AvgIpc) is 2.72. The molecule has 0 spiro atoms. The second-order valence-corrected chi connectivity index (χ2v) is 6.94. The van der Waals surface area contributed by atoms with Crippen molar-refractivity contribution in [3.63, 3.8) is 0 Å². The molecule has 1 amide bonds. The first-order valence-electron chi connectivity index (χ1n) is 8.46. The molecule has 0 saturated carbocycles. The number of methoxy groups -OCH3 is 1. The summed E-state index contributed by atoms with van der Waals surface area (Å²) in [7, 11) is 1.58. The zero-order chi connectivity index (χ0) is 18.4. The standard InChI is InChI=1S/C18H22N4O3S/c1-25-16-6-7-19-18(20-16)22-10-8-21(9-11-22)17(24)14-2-4-15(5-3-14)26-13-12-23/h2-7,23H,8-13H2,1H3. The molecule has 1 aromatic carbocycles. The number of aliphatic hydroxyl groups is 1. The van der Waals surface area contributed by atoms with Gasteiger partial charge in [-0.15, -0.1) is 11.8 Å². The third-order valence-electron chi connectivity index (χ3n) is 4.14. The second-order valence-electron chi connectivity index (χ2n) is 5.77. The molecule has 1 saturated heterocycles. The third kappa shape index (κ3) is 4.44. The van der Waals surface area contributed by atoms with Gasteiger partial charge in [-0.1, -0.05) is 0 Å². The molecule has 0 atom stereocenters. The Morgan fingerprint density at radius 1 is 1.19 bits per heavy atom. The van der Waals surface area contributed by atoms with Crippen molar-refractivity contribution in [3.05, 3.63) is 42.1 Å². The van der Waals surface area contributed by atoms with Crippen LogP contribution in [0.25, 0.3) is 0 Å². The molecule has 0 bridgehead atoms. The van der Waals surface area contributed by atoms with Crippen LogP contribution in [0.5, 0.6) is 5.88 Å². The highest BCUT2D eigenvalue weighted by Gasteiger charge is 2.23. The van der Waals surface area contributed by atoms with Gasteiger partial charge in [-0.25, -0.2) is 4.98 Å². The van der Waals surface area contributed by atoms with E-state index in [2.05, 4.69) is 14.9 Å². The van der Waals surface area contributed by atoms with Crippen molar-refractivity contribution in [2.24, 2.45) is 0 Å². The number of amides is 1. The molecule has 1 fully saturated rings. The van der Waals surface area contributed by atoms with Crippen LogP contribution in [0.1, 0.15) is 10.4 Å². The number of aromatic nitrogens is 2. The predicted octanol–water partition coefficient (Wildman–Crippen LogP) is 1.53. The lowest BCUT2D eigenvalue weighted by Gasteiger charge is -2.34. The van der Waals surface area contributed by atoms with Gasteiger partial charge in [-0.2, -0.15) is 4.98 Å². The molecule has 1 aromatic heterocycles. The molecular formula is C18H22N4O3S. The van der Waals surface area contributed by atoms with E-state index in [1.165, 1.54) is 0 Å². The summed E-state index contributed by atoms with van der Waals surface area (Å²) in [6, 6.07) is 9.26. The maximum absolute atomic E-state index is 12.7. The minimum Gasteiger partial charge on any atom is -0.481 e. The Morgan fingerprint density at radius 3 is 2.58 bits per heavy atom. The smallest absolute Gasteiger partial charge is 0.253 e. The van der Waals surface area contributed by atoms with Crippen LogP contribution in [-0.4, -0.2) is 71.5 Å². The molecule has 2 aromatic rings. The Labute approximate surface area is 157 Å². The summed E-state index contributed by atoms with van der Waals surface area (Å²) in [5, 5.41) is 8.87. The number of nitrogens with zero attached hydrogens (tertiary/aromatic N) is 4. The Kier molecular flexibility index (Phi) is 6.30. The van der Waals surface area contributed by atoms with Crippen LogP contribution < -0.4 is 9.64 Å². The number of hydrogen-bond acceptors (Lipinski definition) is 7. The van der Waals surface area contributed by atoms with Gasteiger partial charge in [-0.3, -0.25) is 4.79 Å². The van der Waals surface area contributed by atoms with Crippen LogP contribution in [0.4, 0.5) is 5.95 Å². The minimum absolute atomic E-state index is 0.0370. The molecule has 8 heteroatoms. The molecule has 1 aliphatic rings. The molecule has 26 heavy (non-hydrogen) atoms. The maximum Gasteiger partial charge on any atom is 0.253 e. The largest absolute Gasteiger partial charge is 0.481 e. The monoisotopic (exact) mass is 374 g/mol. The van der Waals surface area contributed by atoms with Gasteiger partial charge in [0.25, 0.3) is 5.91 Å². The van der Waals surface area contributed by atoms with Crippen molar-refractivity contribution in [1.29, 1.82) is 0 Å². The molecule has 0 unspecified atom stereocenters. The van der Waals surface area contributed by atoms with Crippen LogP contribution in [0, 0.1) is 0 Å². The summed E-state index contributed by atoms with van der Waals surface area (Å²) in [4.78, 5) is 26.3. The van der Waals surface area contributed by atoms with Gasteiger partial charge in [0.05, 0.1) is 13.7 Å². The molecule has 1 N–H and O–H groups in total. The first kappa shape index (κ1) is 18.5. The number of carbonyl (C=O) groups excluding carboxylic acids is 1. The van der Waals surface area contributed by atoms with Crippen molar-refractivity contribution in [2.45, 2.75) is 4.90 Å². The van der Waals surface area contributed by atoms with E-state index in [-0.39, 0.29) is 12.5 Å². The highest BCUT2D eigenvalue weighted by atomic mass is 32.2. The van der Waals surface area contributed by atoms with Gasteiger partial charge in [-0.05, 0) is 24.3 Å². The zero-order valence-corrected chi connectivity index (χ0v) is 15.5. The Hall–Kier alpha value is -2.32. The average molecular weight is 374 g/mol. The van der Waals surface area contributed by atoms with Gasteiger partial charge in [0.15, 0.2) is 0 Å². The highest BCUT2D eigenvalue weighted by Crippen LogP contribution is 2.20. The Morgan fingerprint density at radius 2 is 1.92 bits per heavy atom. The molecule has 7 nitrogen and oxygen atoms in total. The number of thioether (sulfide) groups is 1. The van der Waals surface area contributed by atoms with Gasteiger partial charge in [0.2, 0.25) is 11.8 Å². The number of benzene rings is 1. The van der Waals surface area contributed by atoms with E-state index in [9.17, 15) is 4.79 Å². The van der Waals surface area contributed by atoms with E-state index < -0.39 is 0 Å². The summed E-state index contributed by atoms with van der Waals surface area (Å²) in [6.07, 6.45) is 1.68. The number of ether oxygens (including phenoxy) is 1. The number of aliphatic hydroxyl groups excluding tert-OH is 1. The van der Waals surface area contributed by atoms with Gasteiger partial charge < -0.3 is 19.6 Å². The van der Waals surface area contributed by atoms with E-state index in [0.717, 1.165) is 4.90 Å². The van der Waals surface area contributed by atoms with Crippen molar-refractivity contribution >= 4 is 23.6 Å². The summed E-state index contributed by atoms with van der Waals surface area (Å²) in [6.45, 7) is 2.76. The van der Waals surface area contributed by atoms with E-state index >= 15 is 0 Å². The van der Waals surface area contributed by atoms with E-state index in [1.807, 2.05) is 29.2 Å². The number of anilines is 1. The van der Waals surface area contributed by atoms with Crippen LogP contribution in [0.2, 0.25) is 0 Å². The van der Waals surface area contributed by atoms with Crippen molar-refractivity contribution in [1.82, 2.24) is 14.9 Å². The van der Waals surface area contributed by atoms with Crippen LogP contribution in [0.3, 0.4) is 0 Å². The van der Waals surface area contributed by atoms with Crippen molar-refractivity contribution in [3.8, 4) is 5.88 Å². The summed E-state index contributed by atoms with van der Waals surface area (Å²) in [5.41, 5.74) is 0.685. The van der Waals surface area contributed by atoms with E-state index in [1.54, 1.807) is 31.1 Å². The number of carbonyl (C=O) groups is 1. The summed E-state index contributed by atoms with van der Waals surface area (Å²) in [5.74, 6) is 1.85. The number of hydrogen-bond donors (Lipinski definition) is 1. The normalized spacial score (nSPS) is 14.4. The third-order valence-corrected chi connectivity index (χ3v) is 5.13. The van der Waals surface area contributed by atoms with E-state index in [0.29, 0.717) is 49.3 Å². The summed E-state index contributed by atoms with van der Waals surface area (Å²) >= 11 is 1.57. The lowest BCUT2D eigenvalue weighted by Crippen LogP contribution is -2.49. The topological polar surface area (TPSA) is 78.8 Å². The SMILES string of the molecule is COc1ccnc(N2CCN(C(=O)c3ccc(SCCO)cc3)CC2)n1. The van der Waals surface area contributed by atoms with E-state index in [4.69, 9.17) is 9.84 Å². The lowest BCUT2D eigenvalue weighted by atomic mass is 10.2. The van der Waals surface area contributed by atoms with Crippen LogP contribution in [-0.2, 0) is 0 Å². The Bertz CT molecular complexity index is 733. The fraction of sp³-hybridized carbons (Fsp3) is 0.389. The molecule has 138 valence electrons. The fourth-order valence-corrected chi connectivity index (χ4v) is 3.40.